The standard InChI is InChI=1S/C13H16N2O/c1-14-7-3-4-10-9-15-13-6-5-11(16-2)8-12(10)13/h3-6,8-9,14-15H,7H2,1-2H3. The van der Waals surface area contributed by atoms with Crippen molar-refractivity contribution in [3.8, 4) is 5.75 Å². The van der Waals surface area contributed by atoms with Gasteiger partial charge in [-0.2, -0.15) is 0 Å². The Kier molecular flexibility index (Phi) is 3.27. The van der Waals surface area contributed by atoms with Crippen molar-refractivity contribution in [2.24, 2.45) is 0 Å². The smallest absolute Gasteiger partial charge is 0.119 e. The number of hydrogen-bond donors (Lipinski definition) is 2. The van der Waals surface area contributed by atoms with Crippen molar-refractivity contribution in [3.05, 3.63) is 36.0 Å². The van der Waals surface area contributed by atoms with Crippen molar-refractivity contribution in [2.45, 2.75) is 0 Å². The Labute approximate surface area is 95.1 Å². The molecule has 16 heavy (non-hydrogen) atoms. The molecule has 1 heterocycles. The van der Waals surface area contributed by atoms with Crippen LogP contribution < -0.4 is 10.1 Å². The van der Waals surface area contributed by atoms with Crippen LogP contribution in [-0.2, 0) is 0 Å². The van der Waals surface area contributed by atoms with E-state index in [0.29, 0.717) is 0 Å². The van der Waals surface area contributed by atoms with Gasteiger partial charge in [0.15, 0.2) is 0 Å². The summed E-state index contributed by atoms with van der Waals surface area (Å²) in [6.07, 6.45) is 6.22. The first kappa shape index (κ1) is 10.8. The average Bonchev–Trinajstić information content (AvgIpc) is 2.72. The molecule has 0 unspecified atom stereocenters. The molecule has 0 amide bonds. The fourth-order valence-corrected chi connectivity index (χ4v) is 1.69. The fraction of sp³-hybridized carbons (Fsp3) is 0.231. The SMILES string of the molecule is CNCC=Cc1c[nH]c2ccc(OC)cc12. The lowest BCUT2D eigenvalue weighted by Crippen LogP contribution is -2.03. The number of nitrogens with one attached hydrogen (secondary N) is 2. The highest BCUT2D eigenvalue weighted by molar-refractivity contribution is 5.89. The number of likely N-dealkylation sites (N-methyl/N-ethyl adjacent to an activating group) is 1. The highest BCUT2D eigenvalue weighted by Gasteiger charge is 2.01. The Bertz CT molecular complexity index is 500. The molecule has 0 bridgehead atoms. The molecule has 0 radical (unpaired) electrons. The lowest BCUT2D eigenvalue weighted by molar-refractivity contribution is 0.415. The maximum Gasteiger partial charge on any atom is 0.119 e. The van der Waals surface area contributed by atoms with Gasteiger partial charge in [0.2, 0.25) is 0 Å². The highest BCUT2D eigenvalue weighted by Crippen LogP contribution is 2.24. The molecule has 2 aromatic rings. The van der Waals surface area contributed by atoms with Gasteiger partial charge in [-0.3, -0.25) is 0 Å². The van der Waals surface area contributed by atoms with Crippen LogP contribution in [0.2, 0.25) is 0 Å². The number of methoxy groups -OCH3 is 1. The summed E-state index contributed by atoms with van der Waals surface area (Å²) < 4.78 is 5.22. The first-order valence-electron chi connectivity index (χ1n) is 5.31. The fourth-order valence-electron chi connectivity index (χ4n) is 1.69. The number of hydrogen-bond acceptors (Lipinski definition) is 2. The lowest BCUT2D eigenvalue weighted by atomic mass is 10.1. The monoisotopic (exact) mass is 216 g/mol. The summed E-state index contributed by atoms with van der Waals surface area (Å²) >= 11 is 0. The summed E-state index contributed by atoms with van der Waals surface area (Å²) in [5, 5.41) is 4.27. The Hall–Kier alpha value is -1.74. The highest BCUT2D eigenvalue weighted by atomic mass is 16.5. The molecule has 2 N–H and O–H groups in total. The summed E-state index contributed by atoms with van der Waals surface area (Å²) in [4.78, 5) is 3.24. The summed E-state index contributed by atoms with van der Waals surface area (Å²) in [6, 6.07) is 6.04. The summed E-state index contributed by atoms with van der Waals surface area (Å²) in [5.41, 5.74) is 2.31. The maximum atomic E-state index is 5.22. The molecular formula is C13H16N2O. The number of benzene rings is 1. The third kappa shape index (κ3) is 2.09. The van der Waals surface area contributed by atoms with Gasteiger partial charge in [-0.1, -0.05) is 12.2 Å². The van der Waals surface area contributed by atoms with E-state index in [1.807, 2.05) is 31.4 Å². The van der Waals surface area contributed by atoms with Crippen molar-refractivity contribution in [2.75, 3.05) is 20.7 Å². The first-order chi connectivity index (χ1) is 7.85. The van der Waals surface area contributed by atoms with E-state index in [1.165, 1.54) is 10.9 Å². The molecule has 3 heteroatoms. The van der Waals surface area contributed by atoms with Crippen LogP contribution in [0.3, 0.4) is 0 Å². The Morgan fingerprint density at radius 2 is 2.31 bits per heavy atom. The van der Waals surface area contributed by atoms with Crippen LogP contribution in [0.4, 0.5) is 0 Å². The molecule has 0 fully saturated rings. The number of aromatic amines is 1. The van der Waals surface area contributed by atoms with Crippen LogP contribution in [-0.4, -0.2) is 25.7 Å². The van der Waals surface area contributed by atoms with E-state index in [1.54, 1.807) is 7.11 Å². The molecular weight excluding hydrogens is 200 g/mol. The normalized spacial score (nSPS) is 11.4. The first-order valence-corrected chi connectivity index (χ1v) is 5.31. The van der Waals surface area contributed by atoms with Crippen molar-refractivity contribution in [1.82, 2.24) is 10.3 Å². The van der Waals surface area contributed by atoms with Crippen molar-refractivity contribution in [1.29, 1.82) is 0 Å². The molecule has 0 saturated carbocycles. The average molecular weight is 216 g/mol. The lowest BCUT2D eigenvalue weighted by Gasteiger charge is -1.99. The van der Waals surface area contributed by atoms with Crippen LogP contribution in [0.25, 0.3) is 17.0 Å². The van der Waals surface area contributed by atoms with Gasteiger partial charge in [0.05, 0.1) is 7.11 Å². The molecule has 0 spiro atoms. The van der Waals surface area contributed by atoms with Crippen molar-refractivity contribution < 1.29 is 4.74 Å². The molecule has 84 valence electrons. The van der Waals surface area contributed by atoms with Gasteiger partial charge in [-0.15, -0.1) is 0 Å². The van der Waals surface area contributed by atoms with E-state index < -0.39 is 0 Å². The molecule has 0 aliphatic heterocycles. The number of ether oxygens (including phenoxy) is 1. The third-order valence-electron chi connectivity index (χ3n) is 2.54. The predicted octanol–water partition coefficient (Wildman–Crippen LogP) is 2.41. The number of H-pyrrole nitrogens is 1. The molecule has 2 rings (SSSR count). The molecule has 1 aromatic heterocycles. The van der Waals surface area contributed by atoms with E-state index in [0.717, 1.165) is 17.8 Å². The van der Waals surface area contributed by atoms with Gasteiger partial charge < -0.3 is 15.0 Å². The van der Waals surface area contributed by atoms with Gasteiger partial charge in [-0.25, -0.2) is 0 Å². The zero-order valence-corrected chi connectivity index (χ0v) is 9.58. The van der Waals surface area contributed by atoms with Crippen LogP contribution in [0.15, 0.2) is 30.5 Å². The van der Waals surface area contributed by atoms with E-state index >= 15 is 0 Å². The Morgan fingerprint density at radius 1 is 1.44 bits per heavy atom. The zero-order valence-electron chi connectivity index (χ0n) is 9.58. The Morgan fingerprint density at radius 3 is 3.06 bits per heavy atom. The second-order valence-corrected chi connectivity index (χ2v) is 3.62. The second kappa shape index (κ2) is 4.86. The van der Waals surface area contributed by atoms with Crippen molar-refractivity contribution >= 4 is 17.0 Å². The minimum atomic E-state index is 0.872. The predicted molar refractivity (Wildman–Crippen MR) is 67.8 cm³/mol. The minimum Gasteiger partial charge on any atom is -0.497 e. The van der Waals surface area contributed by atoms with E-state index in [4.69, 9.17) is 4.74 Å². The Balaban J connectivity index is 2.38. The van der Waals surface area contributed by atoms with Gasteiger partial charge >= 0.3 is 0 Å². The van der Waals surface area contributed by atoms with E-state index in [-0.39, 0.29) is 0 Å². The third-order valence-corrected chi connectivity index (χ3v) is 2.54. The molecule has 0 aliphatic rings. The quantitative estimate of drug-likeness (QED) is 0.823. The molecule has 0 atom stereocenters. The van der Waals surface area contributed by atoms with Crippen LogP contribution in [0.5, 0.6) is 5.75 Å². The second-order valence-electron chi connectivity index (χ2n) is 3.62. The van der Waals surface area contributed by atoms with Gasteiger partial charge in [0.1, 0.15) is 5.75 Å². The maximum absolute atomic E-state index is 5.22. The largest absolute Gasteiger partial charge is 0.497 e. The van der Waals surface area contributed by atoms with Gasteiger partial charge in [0, 0.05) is 23.6 Å². The van der Waals surface area contributed by atoms with Crippen LogP contribution >= 0.6 is 0 Å². The number of aromatic nitrogens is 1. The van der Waals surface area contributed by atoms with E-state index in [9.17, 15) is 0 Å². The number of rotatable bonds is 4. The van der Waals surface area contributed by atoms with Crippen LogP contribution in [0.1, 0.15) is 5.56 Å². The van der Waals surface area contributed by atoms with Gasteiger partial charge in [-0.05, 0) is 30.8 Å². The van der Waals surface area contributed by atoms with Crippen LogP contribution in [0, 0.1) is 0 Å². The zero-order chi connectivity index (χ0) is 11.4. The molecule has 1 aromatic carbocycles. The summed E-state index contributed by atoms with van der Waals surface area (Å²) in [7, 11) is 3.62. The minimum absolute atomic E-state index is 0.872. The summed E-state index contributed by atoms with van der Waals surface area (Å²) in [5.74, 6) is 0.885. The van der Waals surface area contributed by atoms with Crippen molar-refractivity contribution in [3.63, 3.8) is 0 Å². The van der Waals surface area contributed by atoms with E-state index in [2.05, 4.69) is 22.5 Å². The molecule has 3 nitrogen and oxygen atoms in total. The molecule has 0 saturated heterocycles. The molecule has 0 aliphatic carbocycles. The topological polar surface area (TPSA) is 37.0 Å². The van der Waals surface area contributed by atoms with Gasteiger partial charge in [0.25, 0.3) is 0 Å². The number of fused-ring (bicyclic) bond motifs is 1. The summed E-state index contributed by atoms with van der Waals surface area (Å²) in [6.45, 7) is 0.872.